The molecule has 3 N–H and O–H groups in total. The highest BCUT2D eigenvalue weighted by Gasteiger charge is 2.30. The van der Waals surface area contributed by atoms with Gasteiger partial charge in [0, 0.05) is 25.7 Å². The van der Waals surface area contributed by atoms with E-state index in [1.54, 1.807) is 0 Å². The van der Waals surface area contributed by atoms with Crippen LogP contribution in [0.4, 0.5) is 0 Å². The lowest BCUT2D eigenvalue weighted by atomic mass is 10.0. The molecule has 0 bridgehead atoms. The standard InChI is InChI=1S/C87H140O17P2/c1-5-9-13-17-21-25-29-33-36-38-40-42-45-49-52-56-60-64-68-72-85(90)98-78-83(104-87(92)74-70-66-62-58-54-50-46-43-41-39-37-34-30-26-22-18-14-10-6-2)80-102-106(95,96)100-76-81(88)75-99-105(93,94)101-79-82(103-86(91)73-69-65-61-57-53-47-32-28-24-20-16-12-8-4)77-97-84(89)71-67-63-59-55-51-48-44-35-31-27-23-19-15-11-7-3/h9-11,13-15,21-23,25-27,33-37,40-44,49-50,52,54,60,62,64,66,81-83,88H,5-8,12,16-20,24,28-32,38-39,45-48,51,53,55-59,61,63,65,67-80H2,1-4H3,(H,93,94)(H,95,96)/b13-9-,14-10-,15-11-,25-21-,26-22-,27-23-,36-33-,37-34-,42-40-,43-41-,44-35-,52-49-,54-50-,64-60-,66-62-. The van der Waals surface area contributed by atoms with Crippen LogP contribution in [0.15, 0.2) is 182 Å². The molecule has 0 saturated heterocycles. The number of carbonyl (C=O) groups is 4. The summed E-state index contributed by atoms with van der Waals surface area (Å²) in [6.45, 7) is 4.33. The Morgan fingerprint density at radius 3 is 0.830 bits per heavy atom. The number of hydrogen-bond acceptors (Lipinski definition) is 15. The van der Waals surface area contributed by atoms with E-state index in [2.05, 4.69) is 174 Å². The quantitative estimate of drug-likeness (QED) is 0.0169. The fourth-order valence-electron chi connectivity index (χ4n) is 9.93. The van der Waals surface area contributed by atoms with Crippen molar-refractivity contribution in [3.8, 4) is 0 Å². The van der Waals surface area contributed by atoms with Gasteiger partial charge < -0.3 is 33.8 Å². The van der Waals surface area contributed by atoms with Crippen LogP contribution in [0.1, 0.15) is 285 Å². The van der Waals surface area contributed by atoms with Gasteiger partial charge in [-0.2, -0.15) is 0 Å². The monoisotopic (exact) mass is 1520 g/mol. The summed E-state index contributed by atoms with van der Waals surface area (Å²) in [4.78, 5) is 73.0. The average Bonchev–Trinajstić information content (AvgIpc) is 0.903. The Morgan fingerprint density at radius 2 is 0.509 bits per heavy atom. The summed E-state index contributed by atoms with van der Waals surface area (Å²) in [5.74, 6) is -2.40. The van der Waals surface area contributed by atoms with E-state index in [9.17, 15) is 43.2 Å². The zero-order valence-corrected chi connectivity index (χ0v) is 67.3. The van der Waals surface area contributed by atoms with Gasteiger partial charge >= 0.3 is 39.5 Å². The highest BCUT2D eigenvalue weighted by Crippen LogP contribution is 2.45. The minimum atomic E-state index is -5.02. The zero-order valence-electron chi connectivity index (χ0n) is 65.5. The van der Waals surface area contributed by atoms with Gasteiger partial charge in [0.2, 0.25) is 0 Å². The smallest absolute Gasteiger partial charge is 0.462 e. The number of aliphatic hydroxyl groups excluding tert-OH is 1. The molecule has 0 saturated carbocycles. The molecule has 0 aromatic heterocycles. The molecule has 19 heteroatoms. The summed E-state index contributed by atoms with van der Waals surface area (Å²) >= 11 is 0. The highest BCUT2D eigenvalue weighted by atomic mass is 31.2. The fraction of sp³-hybridized carbons (Fsp3) is 0.609. The van der Waals surface area contributed by atoms with Crippen LogP contribution in [-0.2, 0) is 65.4 Å². The first-order valence-electron chi connectivity index (χ1n) is 40.0. The third kappa shape index (κ3) is 76.4. The summed E-state index contributed by atoms with van der Waals surface area (Å²) in [6, 6.07) is 0. The first-order chi connectivity index (χ1) is 51.7. The predicted octanol–water partition coefficient (Wildman–Crippen LogP) is 23.6. The summed E-state index contributed by atoms with van der Waals surface area (Å²) < 4.78 is 68.4. The van der Waals surface area contributed by atoms with Gasteiger partial charge in [0.05, 0.1) is 26.4 Å². The Hall–Kier alpha value is -5.84. The van der Waals surface area contributed by atoms with Gasteiger partial charge in [-0.15, -0.1) is 0 Å². The molecular formula is C87H140O17P2. The maximum atomic E-state index is 13.1. The van der Waals surface area contributed by atoms with Crippen molar-refractivity contribution in [1.82, 2.24) is 0 Å². The van der Waals surface area contributed by atoms with Crippen LogP contribution in [0.2, 0.25) is 0 Å². The number of ether oxygens (including phenoxy) is 4. The summed E-state index contributed by atoms with van der Waals surface area (Å²) in [7, 11) is -10.0. The average molecular weight is 1520 g/mol. The number of carbonyl (C=O) groups excluding carboxylic acids is 4. The number of esters is 4. The lowest BCUT2D eigenvalue weighted by Gasteiger charge is -2.21. The van der Waals surface area contributed by atoms with Crippen molar-refractivity contribution in [2.75, 3.05) is 39.6 Å². The summed E-state index contributed by atoms with van der Waals surface area (Å²) in [5, 5.41) is 10.6. The fourth-order valence-corrected chi connectivity index (χ4v) is 11.5. The second-order valence-corrected chi connectivity index (χ2v) is 28.8. The highest BCUT2D eigenvalue weighted by molar-refractivity contribution is 7.47. The minimum absolute atomic E-state index is 0.0132. The van der Waals surface area contributed by atoms with E-state index in [4.69, 9.17) is 37.0 Å². The second-order valence-electron chi connectivity index (χ2n) is 25.9. The molecule has 0 radical (unpaired) electrons. The predicted molar refractivity (Wildman–Crippen MR) is 436 cm³/mol. The molecule has 600 valence electrons. The molecular weight excluding hydrogens is 1380 g/mol. The summed E-state index contributed by atoms with van der Waals surface area (Å²) in [6.07, 6.45) is 93.3. The Morgan fingerprint density at radius 1 is 0.274 bits per heavy atom. The van der Waals surface area contributed by atoms with Gasteiger partial charge in [-0.05, 0) is 135 Å². The molecule has 0 aliphatic carbocycles. The maximum absolute atomic E-state index is 13.1. The van der Waals surface area contributed by atoms with Gasteiger partial charge in [0.15, 0.2) is 12.2 Å². The van der Waals surface area contributed by atoms with E-state index < -0.39 is 97.5 Å². The SMILES string of the molecule is CC/C=C\C/C=C\C/C=C\C/C=C\C/C=C\C/C=C\CCC(=O)OCC(COP(=O)(O)OCC(O)COP(=O)(O)OCC(COC(=O)CCCCCCC/C=C\C/C=C\C/C=C\CC)OC(=O)CCCCCCCCCCCCCCC)OC(=O)CC/C=C\C/C=C\C/C=C\C/C=C\C/C=C\C/C=C\CC. The van der Waals surface area contributed by atoms with Gasteiger partial charge in [0.1, 0.15) is 19.3 Å². The Balaban J connectivity index is 5.53. The van der Waals surface area contributed by atoms with Crippen molar-refractivity contribution < 1.29 is 80.2 Å². The Kier molecular flexibility index (Phi) is 73.1. The molecule has 0 aromatic carbocycles. The van der Waals surface area contributed by atoms with E-state index >= 15 is 0 Å². The molecule has 5 atom stereocenters. The van der Waals surface area contributed by atoms with E-state index in [1.165, 1.54) is 51.4 Å². The molecule has 0 amide bonds. The van der Waals surface area contributed by atoms with Crippen LogP contribution in [0.5, 0.6) is 0 Å². The molecule has 0 aliphatic rings. The number of rotatable bonds is 73. The number of aliphatic hydroxyl groups is 1. The number of phosphoric acid groups is 2. The van der Waals surface area contributed by atoms with Crippen molar-refractivity contribution in [2.24, 2.45) is 0 Å². The maximum Gasteiger partial charge on any atom is 0.472 e. The minimum Gasteiger partial charge on any atom is -0.462 e. The van der Waals surface area contributed by atoms with E-state index in [0.29, 0.717) is 38.5 Å². The third-order valence-corrected chi connectivity index (χ3v) is 17.8. The lowest BCUT2D eigenvalue weighted by Crippen LogP contribution is -2.30. The molecule has 0 aromatic rings. The van der Waals surface area contributed by atoms with Gasteiger partial charge in [-0.1, -0.05) is 306 Å². The first kappa shape index (κ1) is 100. The number of hydrogen-bond donors (Lipinski definition) is 3. The number of phosphoric ester groups is 2. The van der Waals surface area contributed by atoms with Gasteiger partial charge in [-0.25, -0.2) is 9.13 Å². The molecule has 5 unspecified atom stereocenters. The van der Waals surface area contributed by atoms with Crippen molar-refractivity contribution in [3.05, 3.63) is 182 Å². The third-order valence-electron chi connectivity index (χ3n) is 15.9. The van der Waals surface area contributed by atoms with Crippen molar-refractivity contribution in [1.29, 1.82) is 0 Å². The number of allylic oxidation sites excluding steroid dienone is 30. The van der Waals surface area contributed by atoms with Crippen LogP contribution in [-0.4, -0.2) is 96.7 Å². The molecule has 0 heterocycles. The van der Waals surface area contributed by atoms with Crippen molar-refractivity contribution in [3.63, 3.8) is 0 Å². The molecule has 17 nitrogen and oxygen atoms in total. The van der Waals surface area contributed by atoms with Crippen LogP contribution in [0.3, 0.4) is 0 Å². The summed E-state index contributed by atoms with van der Waals surface area (Å²) in [5.41, 5.74) is 0. The molecule has 0 rings (SSSR count). The number of unbranched alkanes of at least 4 members (excludes halogenated alkanes) is 17. The normalized spacial score (nSPS) is 14.8. The van der Waals surface area contributed by atoms with E-state index in [-0.39, 0.29) is 25.7 Å². The molecule has 106 heavy (non-hydrogen) atoms. The van der Waals surface area contributed by atoms with Crippen LogP contribution >= 0.6 is 15.6 Å². The van der Waals surface area contributed by atoms with E-state index in [0.717, 1.165) is 141 Å². The van der Waals surface area contributed by atoms with Crippen LogP contribution < -0.4 is 0 Å². The largest absolute Gasteiger partial charge is 0.472 e. The first-order valence-corrected chi connectivity index (χ1v) is 43.0. The van der Waals surface area contributed by atoms with Crippen molar-refractivity contribution >= 4 is 39.5 Å². The second kappa shape index (κ2) is 77.3. The lowest BCUT2D eigenvalue weighted by molar-refractivity contribution is -0.161. The molecule has 0 aliphatic heterocycles. The molecule has 0 fully saturated rings. The van der Waals surface area contributed by atoms with Gasteiger partial charge in [-0.3, -0.25) is 37.3 Å². The topological polar surface area (TPSA) is 237 Å². The van der Waals surface area contributed by atoms with E-state index in [1.807, 2.05) is 36.5 Å². The Bertz CT molecular complexity index is 2730. The Labute approximate surface area is 641 Å². The van der Waals surface area contributed by atoms with Crippen LogP contribution in [0, 0.1) is 0 Å². The van der Waals surface area contributed by atoms with Crippen LogP contribution in [0.25, 0.3) is 0 Å². The van der Waals surface area contributed by atoms with Crippen molar-refractivity contribution in [2.45, 2.75) is 303 Å². The van der Waals surface area contributed by atoms with Gasteiger partial charge in [0.25, 0.3) is 0 Å². The zero-order chi connectivity index (χ0) is 77.4. The molecule has 0 spiro atoms.